The molecule has 0 fully saturated rings. The van der Waals surface area contributed by atoms with E-state index in [2.05, 4.69) is 10.3 Å². The first-order valence-electron chi connectivity index (χ1n) is 2.16. The molecule has 2 N–H and O–H groups in total. The lowest BCUT2D eigenvalue weighted by atomic mass is 10.6. The van der Waals surface area contributed by atoms with Gasteiger partial charge < -0.3 is 10.4 Å². The second-order valence-electron chi connectivity index (χ2n) is 1.30. The summed E-state index contributed by atoms with van der Waals surface area (Å²) >= 11 is 0. The third-order valence-electron chi connectivity index (χ3n) is 0.794. The largest absolute Gasteiger partial charge is 0.388 e. The molecule has 7 heavy (non-hydrogen) atoms. The van der Waals surface area contributed by atoms with Crippen LogP contribution in [0.15, 0.2) is 4.99 Å². The second kappa shape index (κ2) is 1.93. The number of aliphatic hydroxyl groups excluding tert-OH is 1. The summed E-state index contributed by atoms with van der Waals surface area (Å²) < 4.78 is 0. The summed E-state index contributed by atoms with van der Waals surface area (Å²) in [6, 6.07) is 0. The van der Waals surface area contributed by atoms with Gasteiger partial charge in [-0.15, -0.1) is 0 Å². The van der Waals surface area contributed by atoms with Crippen molar-refractivity contribution in [2.45, 2.75) is 0 Å². The van der Waals surface area contributed by atoms with Crippen LogP contribution in [-0.2, 0) is 0 Å². The van der Waals surface area contributed by atoms with Crippen molar-refractivity contribution < 1.29 is 5.11 Å². The van der Waals surface area contributed by atoms with Gasteiger partial charge in [0.15, 0.2) is 0 Å². The van der Waals surface area contributed by atoms with Crippen LogP contribution in [0.3, 0.4) is 0 Å². The predicted octanol–water partition coefficient (Wildman–Crippen LogP) is -0.858. The van der Waals surface area contributed by atoms with Crippen LogP contribution < -0.4 is 5.32 Å². The molecule has 1 heterocycles. The van der Waals surface area contributed by atoms with E-state index in [0.29, 0.717) is 5.84 Å². The standard InChI is InChI=1S/C4H7N2O/c7-3-4-5-1-2-6-4/h1,7H,2-3H2,(H,5,6). The number of hydrogen-bond donors (Lipinski definition) is 2. The maximum atomic E-state index is 8.35. The average molecular weight is 99.1 g/mol. The van der Waals surface area contributed by atoms with Crippen LogP contribution in [0.4, 0.5) is 0 Å². The van der Waals surface area contributed by atoms with Crippen molar-refractivity contribution in [1.29, 1.82) is 0 Å². The molecule has 0 saturated carbocycles. The highest BCUT2D eigenvalue weighted by Crippen LogP contribution is 1.86. The molecule has 0 bridgehead atoms. The van der Waals surface area contributed by atoms with Crippen LogP contribution in [0.25, 0.3) is 0 Å². The Kier molecular flexibility index (Phi) is 1.26. The number of aliphatic imine (C=N–C) groups is 1. The molecule has 1 aliphatic heterocycles. The summed E-state index contributed by atoms with van der Waals surface area (Å²) in [5.74, 6) is 0.667. The number of nitrogens with zero attached hydrogens (tertiary/aromatic N) is 1. The lowest BCUT2D eigenvalue weighted by molar-refractivity contribution is 0.354. The normalized spacial score (nSPS) is 18.7. The van der Waals surface area contributed by atoms with Gasteiger partial charge in [-0.1, -0.05) is 0 Å². The average Bonchev–Trinajstić information content (AvgIpc) is 2.14. The van der Waals surface area contributed by atoms with E-state index in [1.165, 1.54) is 0 Å². The van der Waals surface area contributed by atoms with Crippen LogP contribution in [-0.4, -0.2) is 24.1 Å². The maximum absolute atomic E-state index is 8.35. The molecule has 0 saturated heterocycles. The molecule has 0 atom stereocenters. The van der Waals surface area contributed by atoms with Crippen molar-refractivity contribution in [3.05, 3.63) is 6.54 Å². The van der Waals surface area contributed by atoms with Gasteiger partial charge in [-0.25, -0.2) is 0 Å². The van der Waals surface area contributed by atoms with Crippen molar-refractivity contribution in [3.8, 4) is 0 Å². The van der Waals surface area contributed by atoms with E-state index in [1.807, 2.05) is 0 Å². The molecule has 0 aliphatic carbocycles. The van der Waals surface area contributed by atoms with Crippen molar-refractivity contribution in [2.24, 2.45) is 4.99 Å². The molecule has 1 aliphatic rings. The Bertz CT molecular complexity index is 89.7. The Morgan fingerprint density at radius 1 is 2.00 bits per heavy atom. The molecular formula is C4H7N2O. The molecule has 39 valence electrons. The fraction of sp³-hybridized carbons (Fsp3) is 0.500. The summed E-state index contributed by atoms with van der Waals surface area (Å²) in [5, 5.41) is 11.2. The molecule has 0 aromatic heterocycles. The zero-order valence-electron chi connectivity index (χ0n) is 3.89. The van der Waals surface area contributed by atoms with Gasteiger partial charge in [0.25, 0.3) is 0 Å². The van der Waals surface area contributed by atoms with Crippen LogP contribution >= 0.6 is 0 Å². The molecule has 3 heteroatoms. The van der Waals surface area contributed by atoms with Crippen molar-refractivity contribution in [3.63, 3.8) is 0 Å². The Labute approximate surface area is 42.1 Å². The second-order valence-corrected chi connectivity index (χ2v) is 1.30. The molecule has 1 radical (unpaired) electrons. The van der Waals surface area contributed by atoms with Gasteiger partial charge in [0, 0.05) is 6.54 Å². The molecule has 0 aromatic carbocycles. The van der Waals surface area contributed by atoms with E-state index < -0.39 is 0 Å². The van der Waals surface area contributed by atoms with E-state index in [1.54, 1.807) is 6.54 Å². The van der Waals surface area contributed by atoms with Crippen molar-refractivity contribution in [1.82, 2.24) is 5.32 Å². The van der Waals surface area contributed by atoms with Gasteiger partial charge in [-0.2, -0.15) is 0 Å². The highest BCUT2D eigenvalue weighted by atomic mass is 16.3. The number of rotatable bonds is 1. The van der Waals surface area contributed by atoms with Crippen LogP contribution in [0.5, 0.6) is 0 Å². The molecule has 0 aromatic rings. The maximum Gasteiger partial charge on any atom is 0.123 e. The highest BCUT2D eigenvalue weighted by molar-refractivity contribution is 5.85. The minimum Gasteiger partial charge on any atom is -0.388 e. The Morgan fingerprint density at radius 3 is 3.14 bits per heavy atom. The van der Waals surface area contributed by atoms with Crippen molar-refractivity contribution in [2.75, 3.05) is 13.2 Å². The molecule has 0 unspecified atom stereocenters. The van der Waals surface area contributed by atoms with Gasteiger partial charge in [0.2, 0.25) is 0 Å². The Hall–Kier alpha value is -0.570. The first-order valence-corrected chi connectivity index (χ1v) is 2.16. The van der Waals surface area contributed by atoms with E-state index in [0.717, 1.165) is 6.54 Å². The smallest absolute Gasteiger partial charge is 0.123 e. The Morgan fingerprint density at radius 2 is 2.86 bits per heavy atom. The zero-order chi connectivity index (χ0) is 5.11. The van der Waals surface area contributed by atoms with E-state index in [-0.39, 0.29) is 6.61 Å². The van der Waals surface area contributed by atoms with Crippen molar-refractivity contribution >= 4 is 5.84 Å². The molecular weight excluding hydrogens is 92.1 g/mol. The van der Waals surface area contributed by atoms with E-state index >= 15 is 0 Å². The van der Waals surface area contributed by atoms with E-state index in [4.69, 9.17) is 5.11 Å². The number of hydrogen-bond acceptors (Lipinski definition) is 3. The number of amidine groups is 1. The van der Waals surface area contributed by atoms with E-state index in [9.17, 15) is 0 Å². The first-order chi connectivity index (χ1) is 3.43. The van der Waals surface area contributed by atoms with Gasteiger partial charge in [0.1, 0.15) is 12.4 Å². The molecule has 3 nitrogen and oxygen atoms in total. The Balaban J connectivity index is 2.36. The van der Waals surface area contributed by atoms with Gasteiger partial charge >= 0.3 is 0 Å². The SMILES string of the molecule is OCC1=N[CH]CN1. The topological polar surface area (TPSA) is 44.6 Å². The van der Waals surface area contributed by atoms with Crippen LogP contribution in [0, 0.1) is 6.54 Å². The minimum atomic E-state index is 0.0243. The van der Waals surface area contributed by atoms with Crippen LogP contribution in [0.1, 0.15) is 0 Å². The zero-order valence-corrected chi connectivity index (χ0v) is 3.89. The summed E-state index contributed by atoms with van der Waals surface area (Å²) in [6.45, 7) is 2.51. The monoisotopic (exact) mass is 99.1 g/mol. The van der Waals surface area contributed by atoms with Gasteiger partial charge in [-0.3, -0.25) is 4.99 Å². The molecule has 0 amide bonds. The first kappa shape index (κ1) is 4.59. The molecule has 0 spiro atoms. The third-order valence-corrected chi connectivity index (χ3v) is 0.794. The molecule has 1 rings (SSSR count). The number of aliphatic hydroxyl groups is 1. The fourth-order valence-electron chi connectivity index (χ4n) is 0.462. The highest BCUT2D eigenvalue weighted by Gasteiger charge is 2.00. The quantitative estimate of drug-likeness (QED) is 0.449. The fourth-order valence-corrected chi connectivity index (χ4v) is 0.462. The summed E-state index contributed by atoms with van der Waals surface area (Å²) in [5.41, 5.74) is 0. The van der Waals surface area contributed by atoms with Gasteiger partial charge in [0.05, 0.1) is 6.54 Å². The summed E-state index contributed by atoms with van der Waals surface area (Å²) in [7, 11) is 0. The minimum absolute atomic E-state index is 0.0243. The number of nitrogens with one attached hydrogen (secondary N) is 1. The van der Waals surface area contributed by atoms with Gasteiger partial charge in [-0.05, 0) is 0 Å². The lowest BCUT2D eigenvalue weighted by Gasteiger charge is -1.91. The summed E-state index contributed by atoms with van der Waals surface area (Å²) in [6.07, 6.45) is 0. The third kappa shape index (κ3) is 0.899. The lowest BCUT2D eigenvalue weighted by Crippen LogP contribution is -2.20. The summed E-state index contributed by atoms with van der Waals surface area (Å²) in [4.78, 5) is 3.78. The van der Waals surface area contributed by atoms with Crippen LogP contribution in [0.2, 0.25) is 0 Å². The predicted molar refractivity (Wildman–Crippen MR) is 26.8 cm³/mol.